The van der Waals surface area contributed by atoms with Crippen LogP contribution in [0.1, 0.15) is 44.9 Å². The quantitative estimate of drug-likeness (QED) is 0.327. The number of benzene rings is 3. The molecule has 0 saturated carbocycles. The summed E-state index contributed by atoms with van der Waals surface area (Å²) in [5.74, 6) is 2.68. The van der Waals surface area contributed by atoms with Gasteiger partial charge in [-0.1, -0.05) is 63.2 Å². The van der Waals surface area contributed by atoms with Crippen molar-refractivity contribution in [3.8, 4) is 28.6 Å². The molecule has 204 valence electrons. The van der Waals surface area contributed by atoms with Crippen LogP contribution in [0.2, 0.25) is 0 Å². The van der Waals surface area contributed by atoms with Gasteiger partial charge in [0.2, 0.25) is 12.7 Å². The van der Waals surface area contributed by atoms with Crippen molar-refractivity contribution >= 4 is 17.5 Å². The van der Waals surface area contributed by atoms with Crippen molar-refractivity contribution in [3.05, 3.63) is 89.1 Å². The Morgan fingerprint density at radius 3 is 2.55 bits per heavy atom. The van der Waals surface area contributed by atoms with E-state index < -0.39 is 6.04 Å². The average Bonchev–Trinajstić information content (AvgIpc) is 3.58. The van der Waals surface area contributed by atoms with Crippen molar-refractivity contribution in [1.29, 1.82) is 0 Å². The molecular formula is C31H31N5O4. The van der Waals surface area contributed by atoms with Crippen LogP contribution in [0, 0.1) is 0 Å². The van der Waals surface area contributed by atoms with E-state index in [1.165, 1.54) is 5.56 Å². The lowest BCUT2D eigenvalue weighted by atomic mass is 9.87. The topological polar surface area (TPSA) is 99.5 Å². The predicted octanol–water partition coefficient (Wildman–Crippen LogP) is 5.91. The van der Waals surface area contributed by atoms with Gasteiger partial charge >= 0.3 is 0 Å². The Morgan fingerprint density at radius 1 is 1.05 bits per heavy atom. The second kappa shape index (κ2) is 9.75. The van der Waals surface area contributed by atoms with Crippen LogP contribution in [0.25, 0.3) is 11.4 Å². The first kappa shape index (κ1) is 25.5. The van der Waals surface area contributed by atoms with Crippen molar-refractivity contribution in [2.75, 3.05) is 24.5 Å². The number of amides is 1. The van der Waals surface area contributed by atoms with E-state index in [4.69, 9.17) is 24.3 Å². The lowest BCUT2D eigenvalue weighted by Crippen LogP contribution is -2.31. The maximum atomic E-state index is 13.9. The summed E-state index contributed by atoms with van der Waals surface area (Å²) in [6, 6.07) is 20.7. The molecule has 9 heteroatoms. The highest BCUT2D eigenvalue weighted by molar-refractivity contribution is 6.06. The van der Waals surface area contributed by atoms with Gasteiger partial charge < -0.3 is 24.8 Å². The monoisotopic (exact) mass is 537 g/mol. The van der Waals surface area contributed by atoms with Gasteiger partial charge in [-0.15, -0.1) is 5.10 Å². The summed E-state index contributed by atoms with van der Waals surface area (Å²) < 4.78 is 18.4. The molecule has 40 heavy (non-hydrogen) atoms. The second-order valence-corrected chi connectivity index (χ2v) is 10.9. The highest BCUT2D eigenvalue weighted by atomic mass is 16.7. The number of carbonyl (C=O) groups excluding carboxylic acids is 1. The van der Waals surface area contributed by atoms with Crippen LogP contribution in [0.3, 0.4) is 0 Å². The maximum Gasteiger partial charge on any atom is 0.255 e. The van der Waals surface area contributed by atoms with Crippen LogP contribution in [-0.4, -0.2) is 34.6 Å². The summed E-state index contributed by atoms with van der Waals surface area (Å²) in [4.78, 5) is 18.7. The molecule has 3 aromatic carbocycles. The lowest BCUT2D eigenvalue weighted by Gasteiger charge is -2.29. The smallest absolute Gasteiger partial charge is 0.255 e. The normalized spacial score (nSPS) is 15.9. The van der Waals surface area contributed by atoms with Gasteiger partial charge in [-0.2, -0.15) is 4.98 Å². The maximum absolute atomic E-state index is 13.9. The first-order valence-electron chi connectivity index (χ1n) is 13.1. The molecular weight excluding hydrogens is 506 g/mol. The molecule has 0 fully saturated rings. The van der Waals surface area contributed by atoms with Crippen LogP contribution in [0.15, 0.2) is 78.0 Å². The Kier molecular flexibility index (Phi) is 6.21. The second-order valence-electron chi connectivity index (χ2n) is 10.9. The third-order valence-electron chi connectivity index (χ3n) is 7.17. The van der Waals surface area contributed by atoms with Gasteiger partial charge in [0.15, 0.2) is 17.3 Å². The van der Waals surface area contributed by atoms with Crippen molar-refractivity contribution in [3.63, 3.8) is 0 Å². The molecule has 0 spiro atoms. The third-order valence-corrected chi connectivity index (χ3v) is 7.17. The highest BCUT2D eigenvalue weighted by Crippen LogP contribution is 2.41. The fourth-order valence-electron chi connectivity index (χ4n) is 5.02. The van der Waals surface area contributed by atoms with Gasteiger partial charge in [0.25, 0.3) is 5.91 Å². The molecule has 9 nitrogen and oxygen atoms in total. The van der Waals surface area contributed by atoms with Gasteiger partial charge in [0, 0.05) is 11.3 Å². The van der Waals surface area contributed by atoms with E-state index in [9.17, 15) is 4.79 Å². The van der Waals surface area contributed by atoms with Crippen molar-refractivity contribution in [1.82, 2.24) is 14.8 Å². The minimum Gasteiger partial charge on any atom is -0.495 e. The molecule has 6 rings (SSSR count). The van der Waals surface area contributed by atoms with E-state index in [1.807, 2.05) is 49.4 Å². The summed E-state index contributed by atoms with van der Waals surface area (Å²) in [6.45, 7) is 8.57. The number of allylic oxidation sites excluding steroid dienone is 1. The van der Waals surface area contributed by atoms with E-state index in [0.717, 1.165) is 11.1 Å². The Labute approximate surface area is 232 Å². The van der Waals surface area contributed by atoms with Crippen LogP contribution in [-0.2, 0) is 10.2 Å². The number of hydrogen-bond acceptors (Lipinski definition) is 7. The van der Waals surface area contributed by atoms with E-state index in [1.54, 1.807) is 23.9 Å². The Bertz CT molecular complexity index is 1630. The molecule has 1 amide bonds. The Morgan fingerprint density at radius 2 is 1.80 bits per heavy atom. The zero-order valence-electron chi connectivity index (χ0n) is 23.1. The SMILES string of the molecule is COc1ccccc1NC(=O)C1=C(C)Nc2nc(-c3ccc(C(C)(C)C)cc3)nn2C1c1ccc2c(c1)OCO2. The van der Waals surface area contributed by atoms with Crippen LogP contribution < -0.4 is 24.8 Å². The van der Waals surface area contributed by atoms with Gasteiger partial charge in [-0.25, -0.2) is 4.68 Å². The first-order valence-corrected chi connectivity index (χ1v) is 13.1. The van der Waals surface area contributed by atoms with Gasteiger partial charge in [-0.3, -0.25) is 4.79 Å². The summed E-state index contributed by atoms with van der Waals surface area (Å²) in [6.07, 6.45) is 0. The number of rotatable bonds is 5. The summed E-state index contributed by atoms with van der Waals surface area (Å²) in [5, 5.41) is 11.2. The number of ether oxygens (including phenoxy) is 3. The number of fused-ring (bicyclic) bond motifs is 2. The van der Waals surface area contributed by atoms with Gasteiger partial charge in [-0.05, 0) is 47.7 Å². The lowest BCUT2D eigenvalue weighted by molar-refractivity contribution is -0.113. The van der Waals surface area contributed by atoms with Crippen LogP contribution in [0.4, 0.5) is 11.6 Å². The first-order chi connectivity index (χ1) is 19.2. The molecule has 0 bridgehead atoms. The molecule has 0 aliphatic carbocycles. The van der Waals surface area contributed by atoms with Crippen molar-refractivity contribution < 1.29 is 19.0 Å². The fourth-order valence-corrected chi connectivity index (χ4v) is 5.02. The van der Waals surface area contributed by atoms with E-state index in [-0.39, 0.29) is 18.1 Å². The number of para-hydroxylation sites is 2. The number of methoxy groups -OCH3 is 1. The van der Waals surface area contributed by atoms with Crippen molar-refractivity contribution in [2.45, 2.75) is 39.2 Å². The van der Waals surface area contributed by atoms with Crippen molar-refractivity contribution in [2.24, 2.45) is 0 Å². The van der Waals surface area contributed by atoms with E-state index >= 15 is 0 Å². The van der Waals surface area contributed by atoms with Crippen LogP contribution in [0.5, 0.6) is 17.2 Å². The summed E-state index contributed by atoms with van der Waals surface area (Å²) in [7, 11) is 1.57. The third kappa shape index (κ3) is 4.53. The zero-order chi connectivity index (χ0) is 28.0. The number of nitrogens with zero attached hydrogens (tertiary/aromatic N) is 3. The summed E-state index contributed by atoms with van der Waals surface area (Å²) in [5.41, 5.74) is 4.71. The molecule has 1 unspecified atom stereocenters. The molecule has 2 N–H and O–H groups in total. The number of nitrogens with one attached hydrogen (secondary N) is 2. The molecule has 0 saturated heterocycles. The Hall–Kier alpha value is -4.79. The van der Waals surface area contributed by atoms with E-state index in [0.29, 0.717) is 46.0 Å². The molecule has 1 atom stereocenters. The van der Waals surface area contributed by atoms with Gasteiger partial charge in [0.1, 0.15) is 11.8 Å². The van der Waals surface area contributed by atoms with Gasteiger partial charge in [0.05, 0.1) is 18.4 Å². The molecule has 3 heterocycles. The Balaban J connectivity index is 1.43. The number of hydrogen-bond donors (Lipinski definition) is 2. The zero-order valence-corrected chi connectivity index (χ0v) is 23.1. The number of carbonyl (C=O) groups is 1. The molecule has 1 aromatic heterocycles. The highest BCUT2D eigenvalue weighted by Gasteiger charge is 2.35. The number of anilines is 2. The standard InChI is InChI=1S/C31H31N5O4/c1-18-26(29(37)33-22-8-6-7-9-23(22)38-5)27(20-12-15-24-25(16-20)40-17-39-24)36-30(32-18)34-28(35-36)19-10-13-21(14-11-19)31(2,3)4/h6-16,27H,17H2,1-5H3,(H,33,37)(H,32,34,35). The fraction of sp³-hybridized carbons (Fsp3) is 0.258. The van der Waals surface area contributed by atoms with Crippen LogP contribution >= 0.6 is 0 Å². The predicted molar refractivity (Wildman–Crippen MR) is 153 cm³/mol. The molecule has 2 aliphatic rings. The molecule has 4 aromatic rings. The summed E-state index contributed by atoms with van der Waals surface area (Å²) >= 11 is 0. The number of aromatic nitrogens is 3. The average molecular weight is 538 g/mol. The molecule has 2 aliphatic heterocycles. The van der Waals surface area contributed by atoms with E-state index in [2.05, 4.69) is 43.5 Å². The molecule has 0 radical (unpaired) electrons. The minimum atomic E-state index is -0.574. The largest absolute Gasteiger partial charge is 0.495 e. The minimum absolute atomic E-state index is 0.0378.